The molecule has 0 saturated carbocycles. The minimum atomic E-state index is 0.876. The molecule has 0 aliphatic rings. The highest BCUT2D eigenvalue weighted by Crippen LogP contribution is 2.44. The lowest BCUT2D eigenvalue weighted by atomic mass is 9.98. The van der Waals surface area contributed by atoms with Crippen molar-refractivity contribution in [3.63, 3.8) is 0 Å². The molecule has 12 aromatic rings. The van der Waals surface area contributed by atoms with Crippen molar-refractivity contribution in [3.8, 4) is 39.1 Å². The van der Waals surface area contributed by atoms with Crippen LogP contribution in [0.1, 0.15) is 0 Å². The van der Waals surface area contributed by atoms with Crippen LogP contribution in [-0.4, -0.2) is 4.57 Å². The average Bonchev–Trinajstić information content (AvgIpc) is 3.88. The first-order chi connectivity index (χ1) is 30.2. The lowest BCUT2D eigenvalue weighted by Crippen LogP contribution is -2.10. The van der Waals surface area contributed by atoms with Crippen LogP contribution in [0.15, 0.2) is 235 Å². The van der Waals surface area contributed by atoms with Gasteiger partial charge in [0.15, 0.2) is 0 Å². The van der Waals surface area contributed by atoms with Crippen molar-refractivity contribution in [2.45, 2.75) is 0 Å². The van der Waals surface area contributed by atoms with Crippen molar-refractivity contribution in [1.29, 1.82) is 0 Å². The normalized spacial score (nSPS) is 11.6. The zero-order valence-electron chi connectivity index (χ0n) is 33.2. The van der Waals surface area contributed by atoms with Gasteiger partial charge in [0.05, 0.1) is 16.7 Å². The molecule has 10 aromatic carbocycles. The maximum absolute atomic E-state index is 6.69. The summed E-state index contributed by atoms with van der Waals surface area (Å²) in [7, 11) is 0. The van der Waals surface area contributed by atoms with E-state index in [1.165, 1.54) is 44.1 Å². The van der Waals surface area contributed by atoms with Gasteiger partial charge in [-0.25, -0.2) is 0 Å². The molecule has 0 radical (unpaired) electrons. The highest BCUT2D eigenvalue weighted by atomic mass is 16.3. The highest BCUT2D eigenvalue weighted by molar-refractivity contribution is 6.21. The van der Waals surface area contributed by atoms with Crippen molar-refractivity contribution in [3.05, 3.63) is 231 Å². The molecular formula is C58H38N2O. The maximum Gasteiger partial charge on any atom is 0.136 e. The Morgan fingerprint density at radius 1 is 0.311 bits per heavy atom. The molecule has 12 rings (SSSR count). The zero-order valence-corrected chi connectivity index (χ0v) is 33.2. The van der Waals surface area contributed by atoms with Gasteiger partial charge in [0.1, 0.15) is 11.2 Å². The molecule has 2 heterocycles. The third kappa shape index (κ3) is 5.90. The number of hydrogen-bond donors (Lipinski definition) is 0. The Bertz CT molecular complexity index is 3550. The molecule has 0 atom stereocenters. The molecule has 0 aliphatic heterocycles. The van der Waals surface area contributed by atoms with Gasteiger partial charge in [-0.3, -0.25) is 0 Å². The Morgan fingerprint density at radius 2 is 0.836 bits per heavy atom. The first kappa shape index (κ1) is 34.9. The summed E-state index contributed by atoms with van der Waals surface area (Å²) in [6.45, 7) is 0. The first-order valence-corrected chi connectivity index (χ1v) is 20.8. The summed E-state index contributed by atoms with van der Waals surface area (Å²) >= 11 is 0. The second kappa shape index (κ2) is 14.3. The molecule has 0 unspecified atom stereocenters. The van der Waals surface area contributed by atoms with Crippen LogP contribution < -0.4 is 4.90 Å². The Morgan fingerprint density at radius 3 is 1.57 bits per heavy atom. The molecule has 0 amide bonds. The van der Waals surface area contributed by atoms with E-state index in [-0.39, 0.29) is 0 Å². The van der Waals surface area contributed by atoms with Crippen LogP contribution in [0.25, 0.3) is 93.6 Å². The largest absolute Gasteiger partial charge is 0.456 e. The summed E-state index contributed by atoms with van der Waals surface area (Å²) in [5.74, 6) is 0. The van der Waals surface area contributed by atoms with Crippen LogP contribution in [-0.2, 0) is 0 Å². The number of nitrogens with zero attached hydrogens (tertiary/aromatic N) is 2. The second-order valence-corrected chi connectivity index (χ2v) is 15.7. The van der Waals surface area contributed by atoms with Crippen molar-refractivity contribution in [2.24, 2.45) is 0 Å². The molecule has 0 saturated heterocycles. The van der Waals surface area contributed by atoms with E-state index in [4.69, 9.17) is 4.42 Å². The third-order valence-corrected chi connectivity index (χ3v) is 12.2. The highest BCUT2D eigenvalue weighted by Gasteiger charge is 2.19. The van der Waals surface area contributed by atoms with Crippen LogP contribution in [0.5, 0.6) is 0 Å². The number of anilines is 3. The van der Waals surface area contributed by atoms with Gasteiger partial charge < -0.3 is 13.9 Å². The van der Waals surface area contributed by atoms with Crippen LogP contribution in [0.2, 0.25) is 0 Å². The molecule has 0 N–H and O–H groups in total. The number of benzene rings is 10. The molecular weight excluding hydrogens is 741 g/mol. The summed E-state index contributed by atoms with van der Waals surface area (Å²) in [6, 6.07) is 82.7. The van der Waals surface area contributed by atoms with E-state index in [1.807, 2.05) is 0 Å². The molecule has 3 heteroatoms. The van der Waals surface area contributed by atoms with Crippen LogP contribution in [0, 0.1) is 0 Å². The minimum absolute atomic E-state index is 0.876. The smallest absolute Gasteiger partial charge is 0.136 e. The monoisotopic (exact) mass is 778 g/mol. The van der Waals surface area contributed by atoms with Gasteiger partial charge in [-0.05, 0) is 118 Å². The Hall–Kier alpha value is -8.14. The minimum Gasteiger partial charge on any atom is -0.456 e. The van der Waals surface area contributed by atoms with E-state index in [9.17, 15) is 0 Å². The molecule has 0 bridgehead atoms. The van der Waals surface area contributed by atoms with Gasteiger partial charge in [0.2, 0.25) is 0 Å². The number of aromatic nitrogens is 1. The molecule has 0 aliphatic carbocycles. The molecule has 61 heavy (non-hydrogen) atoms. The number of rotatable bonds is 7. The van der Waals surface area contributed by atoms with Crippen molar-refractivity contribution >= 4 is 71.6 Å². The summed E-state index contributed by atoms with van der Waals surface area (Å²) < 4.78 is 9.06. The average molecular weight is 779 g/mol. The number of fused-ring (bicyclic) bond motifs is 8. The molecule has 0 fully saturated rings. The quantitative estimate of drug-likeness (QED) is 0.161. The van der Waals surface area contributed by atoms with E-state index in [0.29, 0.717) is 0 Å². The third-order valence-electron chi connectivity index (χ3n) is 12.2. The molecule has 0 spiro atoms. The van der Waals surface area contributed by atoms with E-state index in [1.54, 1.807) is 0 Å². The van der Waals surface area contributed by atoms with E-state index in [0.717, 1.165) is 66.6 Å². The van der Waals surface area contributed by atoms with E-state index < -0.39 is 0 Å². The fraction of sp³-hybridized carbons (Fsp3) is 0. The number of para-hydroxylation sites is 3. The Balaban J connectivity index is 0.940. The van der Waals surface area contributed by atoms with Crippen LogP contribution in [0.4, 0.5) is 17.1 Å². The van der Waals surface area contributed by atoms with Gasteiger partial charge in [0, 0.05) is 44.0 Å². The first-order valence-electron chi connectivity index (χ1n) is 20.8. The molecule has 3 nitrogen and oxygen atoms in total. The van der Waals surface area contributed by atoms with Crippen LogP contribution in [0.3, 0.4) is 0 Å². The number of hydrogen-bond acceptors (Lipinski definition) is 2. The predicted molar refractivity (Wildman–Crippen MR) is 257 cm³/mol. The Labute approximate surface area is 353 Å². The van der Waals surface area contributed by atoms with Gasteiger partial charge in [0.25, 0.3) is 0 Å². The van der Waals surface area contributed by atoms with Crippen molar-refractivity contribution < 1.29 is 4.42 Å². The fourth-order valence-corrected chi connectivity index (χ4v) is 9.29. The summed E-state index contributed by atoms with van der Waals surface area (Å²) in [5, 5.41) is 7.04. The van der Waals surface area contributed by atoms with Crippen molar-refractivity contribution in [2.75, 3.05) is 4.90 Å². The Kier molecular flexibility index (Phi) is 8.17. The molecule has 2 aromatic heterocycles. The van der Waals surface area contributed by atoms with Gasteiger partial charge in [-0.1, -0.05) is 152 Å². The summed E-state index contributed by atoms with van der Waals surface area (Å²) in [4.78, 5) is 2.36. The lowest BCUT2D eigenvalue weighted by Gasteiger charge is -2.27. The second-order valence-electron chi connectivity index (χ2n) is 15.7. The van der Waals surface area contributed by atoms with Gasteiger partial charge >= 0.3 is 0 Å². The standard InChI is InChI=1S/C58H38N2O/c1-4-13-39(14-5-1)40-23-25-41(26-24-40)42-27-31-47(32-28-42)59(45-15-6-2-7-16-45)53-22-12-20-51-50(53)35-36-56-58(51)52-34-30-44(38-57(52)61-56)43-29-33-49-48-19-10-11-21-54(48)60(55(49)37-43)46-17-8-3-9-18-46/h1-38H. The van der Waals surface area contributed by atoms with Gasteiger partial charge in [-0.15, -0.1) is 0 Å². The molecule has 286 valence electrons. The lowest BCUT2D eigenvalue weighted by molar-refractivity contribution is 0.669. The predicted octanol–water partition coefficient (Wildman–Crippen LogP) is 16.3. The summed E-state index contributed by atoms with van der Waals surface area (Å²) in [5.41, 5.74) is 15.7. The maximum atomic E-state index is 6.69. The topological polar surface area (TPSA) is 21.3 Å². The number of furan rings is 1. The van der Waals surface area contributed by atoms with E-state index >= 15 is 0 Å². The summed E-state index contributed by atoms with van der Waals surface area (Å²) in [6.07, 6.45) is 0. The van der Waals surface area contributed by atoms with Crippen LogP contribution >= 0.6 is 0 Å². The van der Waals surface area contributed by atoms with E-state index in [2.05, 4.69) is 240 Å². The van der Waals surface area contributed by atoms with Gasteiger partial charge in [-0.2, -0.15) is 0 Å². The van der Waals surface area contributed by atoms with Crippen molar-refractivity contribution in [1.82, 2.24) is 4.57 Å². The fourth-order valence-electron chi connectivity index (χ4n) is 9.29. The zero-order chi connectivity index (χ0) is 40.3. The SMILES string of the molecule is c1ccc(-c2ccc(-c3ccc(N(c4ccccc4)c4cccc5c4ccc4oc6cc(-c7ccc8c9ccccc9n(-c9ccccc9)c8c7)ccc6c45)cc3)cc2)cc1.